The molecule has 3 rings (SSSR count). The molecule has 116 valence electrons. The fourth-order valence-electron chi connectivity index (χ4n) is 2.36. The van der Waals surface area contributed by atoms with E-state index in [2.05, 4.69) is 10.2 Å². The van der Waals surface area contributed by atoms with Gasteiger partial charge in [-0.25, -0.2) is 13.2 Å². The van der Waals surface area contributed by atoms with Gasteiger partial charge in [-0.15, -0.1) is 0 Å². The van der Waals surface area contributed by atoms with Crippen LogP contribution in [0, 0.1) is 5.92 Å². The summed E-state index contributed by atoms with van der Waals surface area (Å²) >= 11 is 0. The average molecular weight is 335 g/mol. The van der Waals surface area contributed by atoms with Crippen LogP contribution in [0.1, 0.15) is 41.4 Å². The standard InChI is InChI=1S/C12H15ClN2O5S/c13-21(17,18)11-9(8-1-2-8)14-15-10(11)12(16)20-6-7-3-4-19-5-7/h7-8H,1-6H2,(H,14,15). The zero-order chi connectivity index (χ0) is 15.0. The number of ether oxygens (including phenoxy) is 2. The lowest BCUT2D eigenvalue weighted by atomic mass is 10.1. The highest BCUT2D eigenvalue weighted by Gasteiger charge is 2.37. The Hall–Kier alpha value is -1.12. The predicted octanol–water partition coefficient (Wildman–Crippen LogP) is 1.41. The second kappa shape index (κ2) is 5.58. The van der Waals surface area contributed by atoms with Crippen molar-refractivity contribution in [2.75, 3.05) is 19.8 Å². The molecule has 9 heteroatoms. The molecule has 7 nitrogen and oxygen atoms in total. The molecule has 1 saturated heterocycles. The molecule has 1 atom stereocenters. The van der Waals surface area contributed by atoms with Gasteiger partial charge in [-0.05, 0) is 19.3 Å². The molecule has 1 aliphatic carbocycles. The molecule has 0 spiro atoms. The molecule has 2 heterocycles. The molecule has 1 N–H and O–H groups in total. The smallest absolute Gasteiger partial charge is 0.360 e. The minimum absolute atomic E-state index is 0.0748. The first-order valence-electron chi connectivity index (χ1n) is 6.74. The van der Waals surface area contributed by atoms with Crippen molar-refractivity contribution in [1.82, 2.24) is 10.2 Å². The fourth-order valence-corrected chi connectivity index (χ4v) is 3.66. The molecular weight excluding hydrogens is 320 g/mol. The van der Waals surface area contributed by atoms with Gasteiger partial charge in [0.05, 0.1) is 18.9 Å². The highest BCUT2D eigenvalue weighted by atomic mass is 35.7. The second-order valence-electron chi connectivity index (χ2n) is 5.36. The van der Waals surface area contributed by atoms with Gasteiger partial charge < -0.3 is 9.47 Å². The normalized spacial score (nSPS) is 22.4. The number of esters is 1. The summed E-state index contributed by atoms with van der Waals surface area (Å²) in [6.07, 6.45) is 2.53. The van der Waals surface area contributed by atoms with Crippen LogP contribution in [0.3, 0.4) is 0 Å². The van der Waals surface area contributed by atoms with Gasteiger partial charge >= 0.3 is 5.97 Å². The lowest BCUT2D eigenvalue weighted by Gasteiger charge is -2.08. The number of hydrogen-bond donors (Lipinski definition) is 1. The summed E-state index contributed by atoms with van der Waals surface area (Å²) in [5.74, 6) is -0.554. The largest absolute Gasteiger partial charge is 0.460 e. The molecule has 21 heavy (non-hydrogen) atoms. The van der Waals surface area contributed by atoms with Crippen LogP contribution in [0.5, 0.6) is 0 Å². The quantitative estimate of drug-likeness (QED) is 0.645. The summed E-state index contributed by atoms with van der Waals surface area (Å²) in [5, 5.41) is 6.41. The van der Waals surface area contributed by atoms with E-state index in [9.17, 15) is 13.2 Å². The Morgan fingerprint density at radius 2 is 2.19 bits per heavy atom. The van der Waals surface area contributed by atoms with E-state index < -0.39 is 15.0 Å². The molecule has 1 saturated carbocycles. The number of carbonyl (C=O) groups is 1. The van der Waals surface area contributed by atoms with Crippen LogP contribution in [-0.2, 0) is 18.5 Å². The van der Waals surface area contributed by atoms with E-state index in [1.165, 1.54) is 0 Å². The van der Waals surface area contributed by atoms with Crippen molar-refractivity contribution >= 4 is 25.7 Å². The van der Waals surface area contributed by atoms with Crippen LogP contribution >= 0.6 is 10.7 Å². The summed E-state index contributed by atoms with van der Waals surface area (Å²) in [4.78, 5) is 11.8. The van der Waals surface area contributed by atoms with Crippen molar-refractivity contribution in [3.05, 3.63) is 11.4 Å². The van der Waals surface area contributed by atoms with Crippen LogP contribution in [-0.4, -0.2) is 44.4 Å². The third-order valence-corrected chi connectivity index (χ3v) is 5.01. The Balaban J connectivity index is 1.79. The first-order valence-corrected chi connectivity index (χ1v) is 9.05. The van der Waals surface area contributed by atoms with Crippen molar-refractivity contribution in [3.8, 4) is 0 Å². The van der Waals surface area contributed by atoms with Gasteiger partial charge in [-0.1, -0.05) is 0 Å². The number of hydrogen-bond acceptors (Lipinski definition) is 6. The van der Waals surface area contributed by atoms with Crippen LogP contribution in [0.2, 0.25) is 0 Å². The summed E-state index contributed by atoms with van der Waals surface area (Å²) in [6, 6.07) is 0. The number of rotatable bonds is 5. The monoisotopic (exact) mass is 334 g/mol. The molecule has 2 aliphatic rings. The summed E-state index contributed by atoms with van der Waals surface area (Å²) in [6.45, 7) is 1.38. The molecule has 0 radical (unpaired) electrons. The molecule has 1 aromatic heterocycles. The number of nitrogens with one attached hydrogen (secondary N) is 1. The van der Waals surface area contributed by atoms with Gasteiger partial charge in [-0.3, -0.25) is 5.10 Å². The highest BCUT2D eigenvalue weighted by molar-refractivity contribution is 8.13. The van der Waals surface area contributed by atoms with Crippen molar-refractivity contribution in [2.45, 2.75) is 30.1 Å². The third-order valence-electron chi connectivity index (χ3n) is 3.64. The Morgan fingerprint density at radius 3 is 2.76 bits per heavy atom. The predicted molar refractivity (Wildman–Crippen MR) is 72.8 cm³/mol. The minimum Gasteiger partial charge on any atom is -0.460 e. The van der Waals surface area contributed by atoms with Crippen LogP contribution in [0.15, 0.2) is 4.90 Å². The SMILES string of the molecule is O=C(OCC1CCOC1)c1n[nH]c(C2CC2)c1S(=O)(=O)Cl. The number of aromatic amines is 1. The zero-order valence-corrected chi connectivity index (χ0v) is 12.7. The van der Waals surface area contributed by atoms with Gasteiger partial charge in [-0.2, -0.15) is 5.10 Å². The van der Waals surface area contributed by atoms with Gasteiger partial charge in [0, 0.05) is 29.1 Å². The molecule has 1 aliphatic heterocycles. The van der Waals surface area contributed by atoms with Gasteiger partial charge in [0.2, 0.25) is 0 Å². The molecule has 1 unspecified atom stereocenters. The number of halogens is 1. The Labute approximate surface area is 126 Å². The topological polar surface area (TPSA) is 98.3 Å². The molecule has 1 aromatic rings. The van der Waals surface area contributed by atoms with Crippen molar-refractivity contribution in [1.29, 1.82) is 0 Å². The first-order chi connectivity index (χ1) is 9.97. The van der Waals surface area contributed by atoms with E-state index in [1.807, 2.05) is 0 Å². The average Bonchev–Trinajstić information content (AvgIpc) is 2.96. The van der Waals surface area contributed by atoms with E-state index >= 15 is 0 Å². The number of nitrogens with zero attached hydrogens (tertiary/aromatic N) is 1. The van der Waals surface area contributed by atoms with E-state index in [-0.39, 0.29) is 29.0 Å². The Morgan fingerprint density at radius 1 is 1.43 bits per heavy atom. The maximum atomic E-state index is 12.1. The molecular formula is C12H15ClN2O5S. The number of H-pyrrole nitrogens is 1. The molecule has 0 bridgehead atoms. The van der Waals surface area contributed by atoms with Crippen LogP contribution < -0.4 is 0 Å². The van der Waals surface area contributed by atoms with E-state index in [1.54, 1.807) is 0 Å². The van der Waals surface area contributed by atoms with Crippen molar-refractivity contribution in [2.24, 2.45) is 5.92 Å². The number of carbonyl (C=O) groups excluding carboxylic acids is 1. The highest BCUT2D eigenvalue weighted by Crippen LogP contribution is 2.43. The summed E-state index contributed by atoms with van der Waals surface area (Å²) < 4.78 is 33.7. The second-order valence-corrected chi connectivity index (χ2v) is 7.86. The van der Waals surface area contributed by atoms with E-state index in [0.29, 0.717) is 18.9 Å². The lowest BCUT2D eigenvalue weighted by Crippen LogP contribution is -2.16. The molecule has 0 aromatic carbocycles. The van der Waals surface area contributed by atoms with Crippen molar-refractivity contribution in [3.63, 3.8) is 0 Å². The van der Waals surface area contributed by atoms with Gasteiger partial charge in [0.15, 0.2) is 5.69 Å². The van der Waals surface area contributed by atoms with Gasteiger partial charge in [0.25, 0.3) is 9.05 Å². The lowest BCUT2D eigenvalue weighted by molar-refractivity contribution is 0.0417. The Bertz CT molecular complexity index is 647. The number of aromatic nitrogens is 2. The summed E-state index contributed by atoms with van der Waals surface area (Å²) in [7, 11) is 1.38. The fraction of sp³-hybridized carbons (Fsp3) is 0.667. The zero-order valence-electron chi connectivity index (χ0n) is 11.2. The minimum atomic E-state index is -4.06. The third kappa shape index (κ3) is 3.22. The van der Waals surface area contributed by atoms with Crippen molar-refractivity contribution < 1.29 is 22.7 Å². The maximum Gasteiger partial charge on any atom is 0.360 e. The maximum absolute atomic E-state index is 12.1. The van der Waals surface area contributed by atoms with Crippen LogP contribution in [0.25, 0.3) is 0 Å². The van der Waals surface area contributed by atoms with Crippen LogP contribution in [0.4, 0.5) is 0 Å². The molecule has 0 amide bonds. The van der Waals surface area contributed by atoms with E-state index in [0.717, 1.165) is 19.3 Å². The van der Waals surface area contributed by atoms with E-state index in [4.69, 9.17) is 20.2 Å². The summed E-state index contributed by atoms with van der Waals surface area (Å²) in [5.41, 5.74) is 0.145. The van der Waals surface area contributed by atoms with Gasteiger partial charge in [0.1, 0.15) is 4.90 Å². The molecule has 2 fully saturated rings. The Kier molecular flexibility index (Phi) is 3.94. The first kappa shape index (κ1) is 14.8.